The van der Waals surface area contributed by atoms with Gasteiger partial charge in [0.2, 0.25) is 0 Å². The summed E-state index contributed by atoms with van der Waals surface area (Å²) >= 11 is 0. The van der Waals surface area contributed by atoms with E-state index in [0.29, 0.717) is 13.2 Å². The van der Waals surface area contributed by atoms with Crippen molar-refractivity contribution in [3.8, 4) is 0 Å². The molecule has 3 N–H and O–H groups in total. The van der Waals surface area contributed by atoms with Gasteiger partial charge < -0.3 is 20.1 Å². The van der Waals surface area contributed by atoms with E-state index in [0.717, 1.165) is 36.4 Å². The Labute approximate surface area is 119 Å². The smallest absolute Gasteiger partial charge is 0.108 e. The second kappa shape index (κ2) is 7.38. The van der Waals surface area contributed by atoms with Gasteiger partial charge in [0.15, 0.2) is 0 Å². The highest BCUT2D eigenvalue weighted by Gasteiger charge is 2.04. The van der Waals surface area contributed by atoms with Gasteiger partial charge in [-0.25, -0.2) is 4.98 Å². The van der Waals surface area contributed by atoms with E-state index in [1.165, 1.54) is 11.1 Å². The maximum absolute atomic E-state index is 8.57. The average Bonchev–Trinajstić information content (AvgIpc) is 2.80. The van der Waals surface area contributed by atoms with Crippen LogP contribution >= 0.6 is 0 Å². The third-order valence-electron chi connectivity index (χ3n) is 3.34. The molecule has 0 radical (unpaired) electrons. The molecule has 0 unspecified atom stereocenters. The molecule has 0 aliphatic carbocycles. The summed E-state index contributed by atoms with van der Waals surface area (Å²) in [5.74, 6) is 1.01. The summed E-state index contributed by atoms with van der Waals surface area (Å²) in [6.45, 7) is 6.99. The maximum atomic E-state index is 8.57. The van der Waals surface area contributed by atoms with Crippen molar-refractivity contribution < 1.29 is 9.84 Å². The molecule has 20 heavy (non-hydrogen) atoms. The molecule has 1 aromatic heterocycles. The van der Waals surface area contributed by atoms with E-state index >= 15 is 0 Å². The van der Waals surface area contributed by atoms with Crippen molar-refractivity contribution in [3.63, 3.8) is 0 Å². The molecule has 0 fully saturated rings. The van der Waals surface area contributed by atoms with Crippen LogP contribution in [0.1, 0.15) is 17.0 Å². The first-order valence-corrected chi connectivity index (χ1v) is 7.06. The zero-order valence-corrected chi connectivity index (χ0v) is 12.2. The van der Waals surface area contributed by atoms with Crippen LogP contribution < -0.4 is 5.32 Å². The Kier molecular flexibility index (Phi) is 5.52. The highest BCUT2D eigenvalue weighted by Crippen LogP contribution is 2.17. The van der Waals surface area contributed by atoms with Crippen LogP contribution in [0, 0.1) is 13.8 Å². The quantitative estimate of drug-likeness (QED) is 0.637. The first-order chi connectivity index (χ1) is 9.70. The zero-order valence-electron chi connectivity index (χ0n) is 12.2. The number of hydrogen-bond acceptors (Lipinski definition) is 4. The number of benzene rings is 1. The summed E-state index contributed by atoms with van der Waals surface area (Å²) in [6.07, 6.45) is 0.868. The van der Waals surface area contributed by atoms with Gasteiger partial charge in [-0.05, 0) is 37.1 Å². The molecule has 2 aromatic rings. The van der Waals surface area contributed by atoms with E-state index < -0.39 is 0 Å². The monoisotopic (exact) mass is 277 g/mol. The third-order valence-corrected chi connectivity index (χ3v) is 3.34. The predicted octanol–water partition coefficient (Wildman–Crippen LogP) is 1.32. The van der Waals surface area contributed by atoms with E-state index in [2.05, 4.69) is 41.3 Å². The molecule has 5 heteroatoms. The predicted molar refractivity (Wildman–Crippen MR) is 80.0 cm³/mol. The summed E-state index contributed by atoms with van der Waals surface area (Å²) in [5.41, 5.74) is 4.70. The lowest BCUT2D eigenvalue weighted by molar-refractivity contribution is 0.0940. The van der Waals surface area contributed by atoms with Gasteiger partial charge in [-0.2, -0.15) is 0 Å². The number of aliphatic hydroxyl groups is 1. The van der Waals surface area contributed by atoms with Crippen LogP contribution in [0.2, 0.25) is 0 Å². The highest BCUT2D eigenvalue weighted by atomic mass is 16.5. The summed E-state index contributed by atoms with van der Waals surface area (Å²) < 4.78 is 5.17. The summed E-state index contributed by atoms with van der Waals surface area (Å²) in [6, 6.07) is 4.28. The minimum Gasteiger partial charge on any atom is -0.394 e. The molecule has 0 saturated carbocycles. The average molecular weight is 277 g/mol. The van der Waals surface area contributed by atoms with Crippen LogP contribution in [-0.4, -0.2) is 48.0 Å². The van der Waals surface area contributed by atoms with Gasteiger partial charge in [0.25, 0.3) is 0 Å². The van der Waals surface area contributed by atoms with Crippen molar-refractivity contribution in [3.05, 3.63) is 29.1 Å². The van der Waals surface area contributed by atoms with Gasteiger partial charge in [-0.1, -0.05) is 0 Å². The summed E-state index contributed by atoms with van der Waals surface area (Å²) in [7, 11) is 0. The molecule has 5 nitrogen and oxygen atoms in total. The summed E-state index contributed by atoms with van der Waals surface area (Å²) in [5, 5.41) is 11.9. The number of H-pyrrole nitrogens is 1. The Morgan fingerprint density at radius 3 is 2.80 bits per heavy atom. The number of rotatable bonds is 8. The van der Waals surface area contributed by atoms with Crippen LogP contribution in [0.4, 0.5) is 0 Å². The van der Waals surface area contributed by atoms with Crippen molar-refractivity contribution in [2.24, 2.45) is 0 Å². The molecule has 1 heterocycles. The van der Waals surface area contributed by atoms with Gasteiger partial charge in [-0.3, -0.25) is 0 Å². The van der Waals surface area contributed by atoms with E-state index in [1.54, 1.807) is 0 Å². The number of nitrogens with one attached hydrogen (secondary N) is 2. The Hall–Kier alpha value is -1.43. The number of aliphatic hydroxyl groups excluding tert-OH is 1. The van der Waals surface area contributed by atoms with Gasteiger partial charge in [-0.15, -0.1) is 0 Å². The number of hydrogen-bond donors (Lipinski definition) is 3. The first kappa shape index (κ1) is 15.0. The normalized spacial score (nSPS) is 11.3. The van der Waals surface area contributed by atoms with E-state index in [4.69, 9.17) is 9.84 Å². The fraction of sp³-hybridized carbons (Fsp3) is 0.533. The number of fused-ring (bicyclic) bond motifs is 1. The van der Waals surface area contributed by atoms with E-state index in [1.807, 2.05) is 0 Å². The minimum atomic E-state index is 0.0812. The second-order valence-electron chi connectivity index (χ2n) is 4.97. The van der Waals surface area contributed by atoms with Crippen molar-refractivity contribution in [1.82, 2.24) is 15.3 Å². The maximum Gasteiger partial charge on any atom is 0.108 e. The minimum absolute atomic E-state index is 0.0812. The van der Waals surface area contributed by atoms with E-state index in [9.17, 15) is 0 Å². The molecule has 0 spiro atoms. The number of aryl methyl sites for hydroxylation is 2. The second-order valence-corrected chi connectivity index (χ2v) is 4.97. The Balaban J connectivity index is 1.79. The Morgan fingerprint density at radius 1 is 1.20 bits per heavy atom. The number of nitrogens with zero attached hydrogens (tertiary/aromatic N) is 1. The molecule has 0 saturated heterocycles. The number of aromatic nitrogens is 2. The standard InChI is InChI=1S/C15H23N3O2/c1-11-9-13-14(10-12(11)2)18-15(17-13)3-4-16-5-7-20-8-6-19/h9-10,16,19H,3-8H2,1-2H3,(H,17,18). The molecule has 0 atom stereocenters. The molecule has 1 aromatic carbocycles. The van der Waals surface area contributed by atoms with Crippen molar-refractivity contribution in [1.29, 1.82) is 0 Å². The fourth-order valence-corrected chi connectivity index (χ4v) is 2.08. The summed E-state index contributed by atoms with van der Waals surface area (Å²) in [4.78, 5) is 7.96. The zero-order chi connectivity index (χ0) is 14.4. The first-order valence-electron chi connectivity index (χ1n) is 7.06. The van der Waals surface area contributed by atoms with Crippen molar-refractivity contribution >= 4 is 11.0 Å². The molecule has 0 aliphatic rings. The van der Waals surface area contributed by atoms with Crippen LogP contribution in [0.3, 0.4) is 0 Å². The lowest BCUT2D eigenvalue weighted by atomic mass is 10.1. The largest absolute Gasteiger partial charge is 0.394 e. The molecular weight excluding hydrogens is 254 g/mol. The number of ether oxygens (including phenoxy) is 1. The Bertz CT molecular complexity index is 512. The molecule has 2 rings (SSSR count). The fourth-order valence-electron chi connectivity index (χ4n) is 2.08. The molecule has 0 amide bonds. The van der Waals surface area contributed by atoms with Crippen molar-refractivity contribution in [2.75, 3.05) is 32.9 Å². The van der Waals surface area contributed by atoms with Gasteiger partial charge in [0.05, 0.1) is 30.9 Å². The molecule has 110 valence electrons. The van der Waals surface area contributed by atoms with Crippen LogP contribution in [0.15, 0.2) is 12.1 Å². The Morgan fingerprint density at radius 2 is 2.00 bits per heavy atom. The highest BCUT2D eigenvalue weighted by molar-refractivity contribution is 5.77. The van der Waals surface area contributed by atoms with E-state index in [-0.39, 0.29) is 6.61 Å². The van der Waals surface area contributed by atoms with Crippen LogP contribution in [0.5, 0.6) is 0 Å². The lowest BCUT2D eigenvalue weighted by Gasteiger charge is -2.03. The number of aromatic amines is 1. The van der Waals surface area contributed by atoms with Gasteiger partial charge in [0.1, 0.15) is 5.82 Å². The number of imidazole rings is 1. The molecule has 0 aliphatic heterocycles. The van der Waals surface area contributed by atoms with Gasteiger partial charge in [0, 0.05) is 19.5 Å². The SMILES string of the molecule is Cc1cc2nc(CCNCCOCCO)[nH]c2cc1C. The van der Waals surface area contributed by atoms with Gasteiger partial charge >= 0.3 is 0 Å². The van der Waals surface area contributed by atoms with Crippen LogP contribution in [-0.2, 0) is 11.2 Å². The topological polar surface area (TPSA) is 70.2 Å². The van der Waals surface area contributed by atoms with Crippen molar-refractivity contribution in [2.45, 2.75) is 20.3 Å². The third kappa shape index (κ3) is 4.03. The molecular formula is C15H23N3O2. The molecule has 0 bridgehead atoms. The lowest BCUT2D eigenvalue weighted by Crippen LogP contribution is -2.23. The van der Waals surface area contributed by atoms with Crippen LogP contribution in [0.25, 0.3) is 11.0 Å².